The Labute approximate surface area is 212 Å². The number of carbonyl (C=O) groups is 4. The lowest BCUT2D eigenvalue weighted by Crippen LogP contribution is -2.35. The maximum absolute atomic E-state index is 12.7. The maximum Gasteiger partial charge on any atom is 0.303 e. The van der Waals surface area contributed by atoms with E-state index in [1.165, 1.54) is 6.92 Å². The molecular weight excluding hydrogens is 748 g/mol. The normalized spacial score (nSPS) is 12.7. The fourth-order valence-electron chi connectivity index (χ4n) is 2.04. The van der Waals surface area contributed by atoms with Gasteiger partial charge in [-0.05, 0) is 86.3 Å². The maximum atomic E-state index is 12.7. The smallest absolute Gasteiger partial charge is 0.303 e. The molecule has 0 bridgehead atoms. The van der Waals surface area contributed by atoms with Gasteiger partial charge in [-0.2, -0.15) is 0 Å². The minimum atomic E-state index is -1.16. The standard InChI is InChI=1S/C16H16ClI3N2O7/c1-5(29-6(2)24)15(27)22-13-11(19)8(14(17)26)10(18)9(12(13)20)16(28)21-3-7(25)4-23/h5,7,23,25H,3-4H2,1-2H3,(H,21,28)(H,22,27)/t5-,7?/m0/s1. The van der Waals surface area contributed by atoms with Crippen LogP contribution in [-0.2, 0) is 14.3 Å². The highest BCUT2D eigenvalue weighted by atomic mass is 127. The quantitative estimate of drug-likeness (QED) is 0.180. The van der Waals surface area contributed by atoms with Gasteiger partial charge in [0.25, 0.3) is 17.1 Å². The molecule has 0 aromatic heterocycles. The van der Waals surface area contributed by atoms with Gasteiger partial charge in [-0.25, -0.2) is 0 Å². The van der Waals surface area contributed by atoms with Crippen molar-refractivity contribution >= 4 is 108 Å². The van der Waals surface area contributed by atoms with E-state index in [2.05, 4.69) is 10.6 Å². The summed E-state index contributed by atoms with van der Waals surface area (Å²) in [6, 6.07) is 0. The average molecular weight is 764 g/mol. The summed E-state index contributed by atoms with van der Waals surface area (Å²) in [5, 5.41) is 22.5. The van der Waals surface area contributed by atoms with E-state index in [0.717, 1.165) is 6.92 Å². The van der Waals surface area contributed by atoms with Crippen molar-refractivity contribution in [1.29, 1.82) is 0 Å². The molecular formula is C16H16ClI3N2O7. The van der Waals surface area contributed by atoms with Gasteiger partial charge in [-0.1, -0.05) is 0 Å². The molecule has 0 fully saturated rings. The first kappa shape index (κ1) is 26.7. The number of aliphatic hydroxyl groups excluding tert-OH is 2. The highest BCUT2D eigenvalue weighted by molar-refractivity contribution is 14.1. The summed E-state index contributed by atoms with van der Waals surface area (Å²) in [6.45, 7) is 1.78. The number of hydrogen-bond acceptors (Lipinski definition) is 7. The Morgan fingerprint density at radius 2 is 1.66 bits per heavy atom. The predicted molar refractivity (Wildman–Crippen MR) is 130 cm³/mol. The molecule has 13 heteroatoms. The van der Waals surface area contributed by atoms with Gasteiger partial charge < -0.3 is 25.6 Å². The second kappa shape index (κ2) is 11.9. The van der Waals surface area contributed by atoms with Crippen LogP contribution in [0.5, 0.6) is 0 Å². The lowest BCUT2D eigenvalue weighted by molar-refractivity contribution is -0.150. The number of aliphatic hydroxyl groups is 2. The topological polar surface area (TPSA) is 142 Å². The number of ether oxygens (including phenoxy) is 1. The number of anilines is 1. The van der Waals surface area contributed by atoms with E-state index in [0.29, 0.717) is 7.14 Å². The van der Waals surface area contributed by atoms with Crippen LogP contribution in [0.4, 0.5) is 5.69 Å². The number of nitrogens with one attached hydrogen (secondary N) is 2. The van der Waals surface area contributed by atoms with Crippen molar-refractivity contribution in [3.8, 4) is 0 Å². The zero-order valence-corrected chi connectivity index (χ0v) is 22.2. The number of amides is 2. The van der Waals surface area contributed by atoms with Gasteiger partial charge in [0, 0.05) is 17.0 Å². The largest absolute Gasteiger partial charge is 0.453 e. The summed E-state index contributed by atoms with van der Waals surface area (Å²) >= 11 is 11.2. The third-order valence-electron chi connectivity index (χ3n) is 3.41. The van der Waals surface area contributed by atoms with Gasteiger partial charge in [0.15, 0.2) is 6.10 Å². The molecule has 0 aliphatic carbocycles. The van der Waals surface area contributed by atoms with Crippen molar-refractivity contribution in [2.45, 2.75) is 26.1 Å². The molecule has 1 rings (SSSR count). The van der Waals surface area contributed by atoms with E-state index in [1.807, 2.05) is 45.2 Å². The van der Waals surface area contributed by atoms with Crippen LogP contribution in [0.3, 0.4) is 0 Å². The Hall–Kier alpha value is -0.300. The number of esters is 1. The Kier molecular flexibility index (Phi) is 11.0. The number of carbonyl (C=O) groups excluding carboxylic acids is 4. The van der Waals surface area contributed by atoms with E-state index < -0.39 is 41.8 Å². The summed E-state index contributed by atoms with van der Waals surface area (Å²) in [5.74, 6) is -1.93. The third-order valence-corrected chi connectivity index (χ3v) is 6.83. The third kappa shape index (κ3) is 7.12. The van der Waals surface area contributed by atoms with E-state index in [4.69, 9.17) is 21.4 Å². The van der Waals surface area contributed by atoms with Crippen molar-refractivity contribution in [3.05, 3.63) is 21.8 Å². The summed E-state index contributed by atoms with van der Waals surface area (Å²) in [6.07, 6.45) is -2.26. The second-order valence-corrected chi connectivity index (χ2v) is 9.21. The molecule has 1 aromatic rings. The van der Waals surface area contributed by atoms with Crippen LogP contribution in [0.1, 0.15) is 34.6 Å². The minimum Gasteiger partial charge on any atom is -0.453 e. The SMILES string of the molecule is CC(=O)O[C@@H](C)C(=O)Nc1c(I)c(C(=O)Cl)c(I)c(C(=O)NCC(O)CO)c1I. The molecule has 0 aliphatic rings. The molecule has 2 atom stereocenters. The van der Waals surface area contributed by atoms with E-state index in [1.54, 1.807) is 22.6 Å². The molecule has 0 aliphatic heterocycles. The fraction of sp³-hybridized carbons (Fsp3) is 0.375. The molecule has 0 heterocycles. The van der Waals surface area contributed by atoms with Gasteiger partial charge in [0.05, 0.1) is 36.7 Å². The van der Waals surface area contributed by atoms with Crippen molar-refractivity contribution in [2.24, 2.45) is 0 Å². The van der Waals surface area contributed by atoms with Crippen LogP contribution in [-0.4, -0.2) is 58.6 Å². The molecule has 1 aromatic carbocycles. The molecule has 29 heavy (non-hydrogen) atoms. The number of hydrogen-bond donors (Lipinski definition) is 4. The zero-order valence-electron chi connectivity index (χ0n) is 15.0. The van der Waals surface area contributed by atoms with Crippen molar-refractivity contribution in [1.82, 2.24) is 5.32 Å². The summed E-state index contributed by atoms with van der Waals surface area (Å²) in [4.78, 5) is 48.1. The average Bonchev–Trinajstić information content (AvgIpc) is 2.61. The van der Waals surface area contributed by atoms with Crippen LogP contribution >= 0.6 is 79.4 Å². The molecule has 9 nitrogen and oxygen atoms in total. The second-order valence-electron chi connectivity index (χ2n) is 5.63. The lowest BCUT2D eigenvalue weighted by Gasteiger charge is -2.20. The van der Waals surface area contributed by atoms with Crippen molar-refractivity contribution in [3.63, 3.8) is 0 Å². The molecule has 2 amide bonds. The van der Waals surface area contributed by atoms with Gasteiger partial charge in [-0.3, -0.25) is 19.2 Å². The Bertz CT molecular complexity index is 851. The van der Waals surface area contributed by atoms with E-state index in [9.17, 15) is 24.3 Å². The highest BCUT2D eigenvalue weighted by Crippen LogP contribution is 2.36. The molecule has 0 spiro atoms. The summed E-state index contributed by atoms with van der Waals surface area (Å²) in [5.41, 5.74) is 0.250. The van der Waals surface area contributed by atoms with Gasteiger partial charge >= 0.3 is 5.97 Å². The Morgan fingerprint density at radius 1 is 1.10 bits per heavy atom. The lowest BCUT2D eigenvalue weighted by atomic mass is 10.1. The molecule has 160 valence electrons. The highest BCUT2D eigenvalue weighted by Gasteiger charge is 2.29. The Balaban J connectivity index is 3.44. The van der Waals surface area contributed by atoms with Gasteiger partial charge in [-0.15, -0.1) is 0 Å². The van der Waals surface area contributed by atoms with Crippen LogP contribution in [0.25, 0.3) is 0 Å². The number of halogens is 4. The minimum absolute atomic E-state index is 0.0246. The first-order valence-electron chi connectivity index (χ1n) is 7.87. The monoisotopic (exact) mass is 764 g/mol. The van der Waals surface area contributed by atoms with Gasteiger partial charge in [0.1, 0.15) is 0 Å². The van der Waals surface area contributed by atoms with E-state index >= 15 is 0 Å². The molecule has 4 N–H and O–H groups in total. The molecule has 0 saturated carbocycles. The first-order valence-corrected chi connectivity index (χ1v) is 11.5. The molecule has 0 saturated heterocycles. The molecule has 0 radical (unpaired) electrons. The van der Waals surface area contributed by atoms with E-state index in [-0.39, 0.29) is 26.9 Å². The number of benzene rings is 1. The summed E-state index contributed by atoms with van der Waals surface area (Å²) < 4.78 is 5.73. The summed E-state index contributed by atoms with van der Waals surface area (Å²) in [7, 11) is 0. The van der Waals surface area contributed by atoms with Crippen LogP contribution in [0.2, 0.25) is 0 Å². The fourth-order valence-corrected chi connectivity index (χ4v) is 6.96. The van der Waals surface area contributed by atoms with Crippen LogP contribution < -0.4 is 10.6 Å². The molecule has 1 unspecified atom stereocenters. The van der Waals surface area contributed by atoms with Crippen LogP contribution in [0, 0.1) is 10.7 Å². The van der Waals surface area contributed by atoms with Crippen LogP contribution in [0.15, 0.2) is 0 Å². The van der Waals surface area contributed by atoms with Gasteiger partial charge in [0.2, 0.25) is 0 Å². The zero-order chi connectivity index (χ0) is 22.5. The van der Waals surface area contributed by atoms with Crippen molar-refractivity contribution in [2.75, 3.05) is 18.5 Å². The number of rotatable bonds is 8. The van der Waals surface area contributed by atoms with Crippen molar-refractivity contribution < 1.29 is 34.1 Å². The first-order chi connectivity index (χ1) is 13.4. The Morgan fingerprint density at radius 3 is 2.14 bits per heavy atom. The predicted octanol–water partition coefficient (Wildman–Crippen LogP) is 1.85.